The number of benzene rings is 4. The van der Waals surface area contributed by atoms with Gasteiger partial charge in [0.1, 0.15) is 11.6 Å². The standard InChI is InChI=1S/C28H20F4O2/c1-17(19-5-3-2-4-6-19)13-18-7-9-20(10-8-18)21-11-12-23(24(29)14-21)28(33)34-22-15-25(30)27(32)26(31)16-22/h2-12,14-17H,13H2,1H3. The molecule has 2 nitrogen and oxygen atoms in total. The molecule has 0 aliphatic heterocycles. The largest absolute Gasteiger partial charge is 0.423 e. The zero-order chi connectivity index (χ0) is 24.2. The average Bonchev–Trinajstić information content (AvgIpc) is 2.83. The van der Waals surface area contributed by atoms with Gasteiger partial charge in [-0.25, -0.2) is 22.4 Å². The highest BCUT2D eigenvalue weighted by Crippen LogP contribution is 2.26. The minimum absolute atomic E-state index is 0.345. The lowest BCUT2D eigenvalue weighted by Crippen LogP contribution is -2.11. The quantitative estimate of drug-likeness (QED) is 0.128. The summed E-state index contributed by atoms with van der Waals surface area (Å²) in [6.07, 6.45) is 0.855. The summed E-state index contributed by atoms with van der Waals surface area (Å²) in [6, 6.07) is 22.9. The Balaban J connectivity index is 1.47. The number of esters is 1. The Bertz CT molecular complexity index is 1300. The molecule has 4 aromatic carbocycles. The molecule has 0 saturated heterocycles. The summed E-state index contributed by atoms with van der Waals surface area (Å²) in [4.78, 5) is 12.3. The van der Waals surface area contributed by atoms with Gasteiger partial charge in [-0.15, -0.1) is 0 Å². The Labute approximate surface area is 194 Å². The van der Waals surface area contributed by atoms with Gasteiger partial charge in [-0.3, -0.25) is 0 Å². The molecule has 0 saturated carbocycles. The minimum Gasteiger partial charge on any atom is -0.423 e. The van der Waals surface area contributed by atoms with Crippen LogP contribution in [0.3, 0.4) is 0 Å². The zero-order valence-electron chi connectivity index (χ0n) is 18.2. The zero-order valence-corrected chi connectivity index (χ0v) is 18.2. The van der Waals surface area contributed by atoms with E-state index >= 15 is 0 Å². The van der Waals surface area contributed by atoms with E-state index in [1.807, 2.05) is 42.5 Å². The van der Waals surface area contributed by atoms with E-state index in [1.165, 1.54) is 17.7 Å². The third-order valence-corrected chi connectivity index (χ3v) is 5.55. The van der Waals surface area contributed by atoms with Crippen LogP contribution in [0.25, 0.3) is 11.1 Å². The Morgan fingerprint density at radius 1 is 0.765 bits per heavy atom. The lowest BCUT2D eigenvalue weighted by molar-refractivity contribution is 0.0728. The highest BCUT2D eigenvalue weighted by molar-refractivity contribution is 5.92. The Kier molecular flexibility index (Phi) is 6.77. The van der Waals surface area contributed by atoms with E-state index in [0.717, 1.165) is 17.5 Å². The van der Waals surface area contributed by atoms with Gasteiger partial charge in [-0.05, 0) is 46.7 Å². The molecule has 6 heteroatoms. The van der Waals surface area contributed by atoms with Gasteiger partial charge in [-0.2, -0.15) is 0 Å². The van der Waals surface area contributed by atoms with Gasteiger partial charge < -0.3 is 4.74 Å². The summed E-state index contributed by atoms with van der Waals surface area (Å²) in [5, 5.41) is 0. The van der Waals surface area contributed by atoms with Crippen molar-refractivity contribution < 1.29 is 27.1 Å². The molecule has 0 fully saturated rings. The molecule has 34 heavy (non-hydrogen) atoms. The third kappa shape index (κ3) is 5.17. The van der Waals surface area contributed by atoms with Crippen molar-refractivity contribution in [2.24, 2.45) is 0 Å². The van der Waals surface area contributed by atoms with Crippen molar-refractivity contribution in [3.63, 3.8) is 0 Å². The van der Waals surface area contributed by atoms with E-state index in [9.17, 15) is 22.4 Å². The van der Waals surface area contributed by atoms with E-state index in [-0.39, 0.29) is 0 Å². The molecular weight excluding hydrogens is 444 g/mol. The first-order valence-electron chi connectivity index (χ1n) is 10.6. The lowest BCUT2D eigenvalue weighted by Gasteiger charge is -2.12. The van der Waals surface area contributed by atoms with Crippen molar-refractivity contribution in [1.82, 2.24) is 0 Å². The molecule has 0 aliphatic rings. The summed E-state index contributed by atoms with van der Waals surface area (Å²) in [5.74, 6) is -6.94. The number of halogens is 4. The van der Waals surface area contributed by atoms with Crippen LogP contribution in [0.4, 0.5) is 17.6 Å². The summed E-state index contributed by atoms with van der Waals surface area (Å²) in [7, 11) is 0. The Hall–Kier alpha value is -3.93. The molecule has 0 spiro atoms. The van der Waals surface area contributed by atoms with Gasteiger partial charge in [0.25, 0.3) is 0 Å². The second-order valence-electron chi connectivity index (χ2n) is 8.00. The maximum atomic E-state index is 14.6. The van der Waals surface area contributed by atoms with E-state index in [4.69, 9.17) is 4.74 Å². The summed E-state index contributed by atoms with van der Waals surface area (Å²) < 4.78 is 59.1. The molecule has 4 rings (SSSR count). The van der Waals surface area contributed by atoms with Gasteiger partial charge in [0.05, 0.1) is 5.56 Å². The van der Waals surface area contributed by atoms with Crippen molar-refractivity contribution in [3.05, 3.63) is 125 Å². The predicted octanol–water partition coefficient (Wildman–Crippen LogP) is 7.48. The number of carbonyl (C=O) groups is 1. The number of hydrogen-bond donors (Lipinski definition) is 0. The molecule has 0 amide bonds. The molecule has 1 unspecified atom stereocenters. The SMILES string of the molecule is CC(Cc1ccc(-c2ccc(C(=O)Oc3cc(F)c(F)c(F)c3)c(F)c2)cc1)c1ccccc1. The molecule has 1 atom stereocenters. The highest BCUT2D eigenvalue weighted by Gasteiger charge is 2.18. The maximum Gasteiger partial charge on any atom is 0.346 e. The van der Waals surface area contributed by atoms with Crippen LogP contribution in [0, 0.1) is 23.3 Å². The van der Waals surface area contributed by atoms with Crippen LogP contribution in [-0.2, 0) is 6.42 Å². The van der Waals surface area contributed by atoms with E-state index in [2.05, 4.69) is 19.1 Å². The van der Waals surface area contributed by atoms with Crippen molar-refractivity contribution in [2.75, 3.05) is 0 Å². The molecule has 0 N–H and O–H groups in total. The Morgan fingerprint density at radius 2 is 1.38 bits per heavy atom. The topological polar surface area (TPSA) is 26.3 Å². The number of ether oxygens (including phenoxy) is 1. The molecule has 172 valence electrons. The average molecular weight is 464 g/mol. The van der Waals surface area contributed by atoms with E-state index < -0.39 is 40.6 Å². The molecule has 0 aromatic heterocycles. The van der Waals surface area contributed by atoms with Crippen LogP contribution in [0.1, 0.15) is 34.3 Å². The highest BCUT2D eigenvalue weighted by atomic mass is 19.2. The molecule has 0 bridgehead atoms. The number of hydrogen-bond acceptors (Lipinski definition) is 2. The fraction of sp³-hybridized carbons (Fsp3) is 0.107. The number of carbonyl (C=O) groups excluding carboxylic acids is 1. The smallest absolute Gasteiger partial charge is 0.346 e. The van der Waals surface area contributed by atoms with Crippen molar-refractivity contribution in [2.45, 2.75) is 19.3 Å². The van der Waals surface area contributed by atoms with Crippen molar-refractivity contribution in [1.29, 1.82) is 0 Å². The molecule has 0 heterocycles. The second-order valence-corrected chi connectivity index (χ2v) is 8.00. The van der Waals surface area contributed by atoms with Crippen molar-refractivity contribution >= 4 is 5.97 Å². The van der Waals surface area contributed by atoms with Crippen LogP contribution in [0.15, 0.2) is 84.9 Å². The van der Waals surface area contributed by atoms with Crippen LogP contribution in [-0.4, -0.2) is 5.97 Å². The van der Waals surface area contributed by atoms with Gasteiger partial charge >= 0.3 is 5.97 Å². The van der Waals surface area contributed by atoms with E-state index in [1.54, 1.807) is 6.07 Å². The van der Waals surface area contributed by atoms with Gasteiger partial charge in [-0.1, -0.05) is 67.6 Å². The summed E-state index contributed by atoms with van der Waals surface area (Å²) in [6.45, 7) is 2.16. The number of rotatable bonds is 6. The van der Waals surface area contributed by atoms with Crippen LogP contribution in [0.2, 0.25) is 0 Å². The first kappa shape index (κ1) is 23.2. The van der Waals surface area contributed by atoms with Crippen molar-refractivity contribution in [3.8, 4) is 16.9 Å². The predicted molar refractivity (Wildman–Crippen MR) is 122 cm³/mol. The monoisotopic (exact) mass is 464 g/mol. The summed E-state index contributed by atoms with van der Waals surface area (Å²) in [5.41, 5.74) is 3.29. The minimum atomic E-state index is -1.68. The molecule has 4 aromatic rings. The maximum absolute atomic E-state index is 14.6. The van der Waals surface area contributed by atoms with Gasteiger partial charge in [0, 0.05) is 12.1 Å². The molecule has 0 aliphatic carbocycles. The summed E-state index contributed by atoms with van der Waals surface area (Å²) >= 11 is 0. The first-order chi connectivity index (χ1) is 16.3. The normalized spacial score (nSPS) is 11.8. The first-order valence-corrected chi connectivity index (χ1v) is 10.6. The van der Waals surface area contributed by atoms with Crippen LogP contribution in [0.5, 0.6) is 5.75 Å². The fourth-order valence-electron chi connectivity index (χ4n) is 3.70. The second kappa shape index (κ2) is 9.91. The third-order valence-electron chi connectivity index (χ3n) is 5.55. The van der Waals surface area contributed by atoms with Crippen LogP contribution >= 0.6 is 0 Å². The van der Waals surface area contributed by atoms with Gasteiger partial charge in [0.15, 0.2) is 17.5 Å². The van der Waals surface area contributed by atoms with Gasteiger partial charge in [0.2, 0.25) is 0 Å². The lowest BCUT2D eigenvalue weighted by atomic mass is 9.93. The van der Waals surface area contributed by atoms with E-state index in [0.29, 0.717) is 23.6 Å². The fourth-order valence-corrected chi connectivity index (χ4v) is 3.70. The molecular formula is C28H20F4O2. The van der Waals surface area contributed by atoms with Crippen LogP contribution < -0.4 is 4.74 Å². The Morgan fingerprint density at radius 3 is 2.00 bits per heavy atom. The molecule has 0 radical (unpaired) electrons.